The second-order valence-corrected chi connectivity index (χ2v) is 8.15. The Balaban J connectivity index is 1.59. The molecule has 2 aromatic rings. The summed E-state index contributed by atoms with van der Waals surface area (Å²) in [7, 11) is -0.932. The molecule has 1 saturated heterocycles. The molecule has 1 aromatic carbocycles. The molecule has 9 heteroatoms. The third kappa shape index (κ3) is 5.34. The van der Waals surface area contributed by atoms with Crippen molar-refractivity contribution in [2.45, 2.75) is 13.5 Å². The number of halogens is 1. The molecule has 28 heavy (non-hydrogen) atoms. The van der Waals surface area contributed by atoms with Crippen LogP contribution in [0.25, 0.3) is 0 Å². The zero-order valence-electron chi connectivity index (χ0n) is 15.7. The smallest absolute Gasteiger partial charge is 0.308 e. The molecule has 150 valence electrons. The summed E-state index contributed by atoms with van der Waals surface area (Å²) in [4.78, 5) is 18.1. The van der Waals surface area contributed by atoms with Gasteiger partial charge in [-0.3, -0.25) is 9.88 Å². The van der Waals surface area contributed by atoms with Gasteiger partial charge >= 0.3 is 6.03 Å². The maximum Gasteiger partial charge on any atom is 0.323 e. The van der Waals surface area contributed by atoms with Crippen molar-refractivity contribution in [2.24, 2.45) is 0 Å². The van der Waals surface area contributed by atoms with Gasteiger partial charge in [0.05, 0.1) is 16.7 Å². The molecular weight excluding hydrogens is 381 g/mol. The lowest BCUT2D eigenvalue weighted by Crippen LogP contribution is -2.46. The molecule has 0 radical (unpaired) electrons. The van der Waals surface area contributed by atoms with Crippen molar-refractivity contribution in [3.05, 3.63) is 54.1 Å². The summed E-state index contributed by atoms with van der Waals surface area (Å²) in [6, 6.07) is 7.77. The molecule has 0 saturated carbocycles. The highest BCUT2D eigenvalue weighted by atomic mass is 32.2. The zero-order chi connectivity index (χ0) is 19.9. The Morgan fingerprint density at radius 1 is 1.14 bits per heavy atom. The van der Waals surface area contributed by atoms with Gasteiger partial charge in [0.2, 0.25) is 0 Å². The maximum atomic E-state index is 14.8. The van der Waals surface area contributed by atoms with Crippen molar-refractivity contribution in [1.82, 2.24) is 14.2 Å². The Labute approximate surface area is 166 Å². The second-order valence-electron chi connectivity index (χ2n) is 6.41. The highest BCUT2D eigenvalue weighted by Gasteiger charge is 2.21. The van der Waals surface area contributed by atoms with E-state index in [2.05, 4.69) is 20.5 Å². The standard InChI is InChI=1S/C19H24FN5O2S/c1-2-28(27)25-12-10-24(11-13-25)14-15-4-3-5-17(18(15)20)23-19(26)22-16-6-8-21-9-7-16/h3-9H,2,10-14H2,1H3,(H2,21,22,23,26). The lowest BCUT2D eigenvalue weighted by Gasteiger charge is -2.33. The third-order valence-electron chi connectivity index (χ3n) is 4.53. The minimum Gasteiger partial charge on any atom is -0.308 e. The summed E-state index contributed by atoms with van der Waals surface area (Å²) in [5.74, 6) is 0.177. The van der Waals surface area contributed by atoms with Gasteiger partial charge in [-0.25, -0.2) is 17.7 Å². The number of carbonyl (C=O) groups is 1. The van der Waals surface area contributed by atoms with E-state index in [1.54, 1.807) is 36.7 Å². The van der Waals surface area contributed by atoms with E-state index < -0.39 is 22.8 Å². The average molecular weight is 405 g/mol. The zero-order valence-corrected chi connectivity index (χ0v) is 16.5. The van der Waals surface area contributed by atoms with E-state index in [4.69, 9.17) is 0 Å². The molecular formula is C19H24FN5O2S. The Hall–Kier alpha value is -2.36. The van der Waals surface area contributed by atoms with Crippen LogP contribution in [-0.4, -0.2) is 56.4 Å². The number of hydrogen-bond acceptors (Lipinski definition) is 4. The molecule has 2 heterocycles. The van der Waals surface area contributed by atoms with Crippen LogP contribution in [0.15, 0.2) is 42.7 Å². The monoisotopic (exact) mass is 405 g/mol. The number of anilines is 2. The lowest BCUT2D eigenvalue weighted by molar-refractivity contribution is 0.184. The topological polar surface area (TPSA) is 77.6 Å². The van der Waals surface area contributed by atoms with E-state index >= 15 is 0 Å². The maximum absolute atomic E-state index is 14.8. The summed E-state index contributed by atoms with van der Waals surface area (Å²) in [6.45, 7) is 5.21. The third-order valence-corrected chi connectivity index (χ3v) is 5.96. The molecule has 0 bridgehead atoms. The predicted molar refractivity (Wildman–Crippen MR) is 109 cm³/mol. The van der Waals surface area contributed by atoms with Gasteiger partial charge in [-0.1, -0.05) is 19.1 Å². The van der Waals surface area contributed by atoms with Crippen molar-refractivity contribution in [3.8, 4) is 0 Å². The van der Waals surface area contributed by atoms with E-state index in [9.17, 15) is 13.4 Å². The molecule has 0 spiro atoms. The van der Waals surface area contributed by atoms with E-state index in [1.807, 2.05) is 11.2 Å². The van der Waals surface area contributed by atoms with Crippen LogP contribution < -0.4 is 10.6 Å². The van der Waals surface area contributed by atoms with Gasteiger partial charge in [0.1, 0.15) is 0 Å². The van der Waals surface area contributed by atoms with Gasteiger partial charge in [-0.2, -0.15) is 0 Å². The minimum atomic E-state index is -0.932. The number of nitrogens with one attached hydrogen (secondary N) is 2. The summed E-state index contributed by atoms with van der Waals surface area (Å²) >= 11 is 0. The van der Waals surface area contributed by atoms with Gasteiger partial charge in [0.25, 0.3) is 0 Å². The molecule has 1 unspecified atom stereocenters. The van der Waals surface area contributed by atoms with Crippen LogP contribution in [0.5, 0.6) is 0 Å². The fourth-order valence-corrected chi connectivity index (χ4v) is 3.97. The fourth-order valence-electron chi connectivity index (χ4n) is 3.03. The van der Waals surface area contributed by atoms with E-state index in [0.29, 0.717) is 36.6 Å². The Morgan fingerprint density at radius 3 is 2.54 bits per heavy atom. The first-order valence-corrected chi connectivity index (χ1v) is 10.5. The van der Waals surface area contributed by atoms with Crippen molar-refractivity contribution in [3.63, 3.8) is 0 Å². The van der Waals surface area contributed by atoms with Crippen LogP contribution in [0.3, 0.4) is 0 Å². The number of hydrogen-bond donors (Lipinski definition) is 2. The summed E-state index contributed by atoms with van der Waals surface area (Å²) < 4.78 is 28.7. The van der Waals surface area contributed by atoms with Crippen molar-refractivity contribution in [2.75, 3.05) is 42.6 Å². The van der Waals surface area contributed by atoms with Gasteiger partial charge in [0, 0.05) is 62.1 Å². The first-order valence-electron chi connectivity index (χ1n) is 9.18. The number of rotatable bonds is 6. The van der Waals surface area contributed by atoms with Crippen molar-refractivity contribution < 1.29 is 13.4 Å². The number of aromatic nitrogens is 1. The Bertz CT molecular complexity index is 828. The van der Waals surface area contributed by atoms with E-state index in [1.165, 1.54) is 6.07 Å². The van der Waals surface area contributed by atoms with Gasteiger partial charge in [-0.05, 0) is 18.2 Å². The number of pyridine rings is 1. The van der Waals surface area contributed by atoms with Gasteiger partial charge < -0.3 is 10.6 Å². The molecule has 1 aromatic heterocycles. The molecule has 1 aliphatic rings. The van der Waals surface area contributed by atoms with Crippen LogP contribution in [0.2, 0.25) is 0 Å². The molecule has 1 atom stereocenters. The highest BCUT2D eigenvalue weighted by Crippen LogP contribution is 2.21. The van der Waals surface area contributed by atoms with Crippen LogP contribution in [0.4, 0.5) is 20.6 Å². The SMILES string of the molecule is CCS(=O)N1CCN(Cc2cccc(NC(=O)Nc3ccncc3)c2F)CC1. The van der Waals surface area contributed by atoms with Crippen molar-refractivity contribution >= 4 is 28.4 Å². The van der Waals surface area contributed by atoms with Gasteiger partial charge in [0.15, 0.2) is 5.82 Å². The van der Waals surface area contributed by atoms with E-state index in [-0.39, 0.29) is 5.69 Å². The lowest BCUT2D eigenvalue weighted by atomic mass is 10.1. The van der Waals surface area contributed by atoms with Crippen LogP contribution in [0.1, 0.15) is 12.5 Å². The normalized spacial score (nSPS) is 16.5. The number of amides is 2. The van der Waals surface area contributed by atoms with Crippen LogP contribution in [0, 0.1) is 5.82 Å². The fraction of sp³-hybridized carbons (Fsp3) is 0.368. The predicted octanol–water partition coefficient (Wildman–Crippen LogP) is 2.67. The molecule has 2 amide bonds. The number of nitrogens with zero attached hydrogens (tertiary/aromatic N) is 3. The average Bonchev–Trinajstić information content (AvgIpc) is 2.71. The van der Waals surface area contributed by atoms with Crippen LogP contribution in [-0.2, 0) is 17.5 Å². The van der Waals surface area contributed by atoms with E-state index in [0.717, 1.165) is 13.1 Å². The minimum absolute atomic E-state index is 0.134. The first-order chi connectivity index (χ1) is 13.6. The molecule has 7 nitrogen and oxygen atoms in total. The molecule has 2 N–H and O–H groups in total. The number of piperazine rings is 1. The number of benzene rings is 1. The summed E-state index contributed by atoms with van der Waals surface area (Å²) in [5, 5.41) is 5.19. The van der Waals surface area contributed by atoms with Crippen molar-refractivity contribution in [1.29, 1.82) is 0 Å². The summed E-state index contributed by atoms with van der Waals surface area (Å²) in [5.41, 5.74) is 1.23. The largest absolute Gasteiger partial charge is 0.323 e. The molecule has 1 fully saturated rings. The number of urea groups is 1. The molecule has 0 aliphatic carbocycles. The second kappa shape index (κ2) is 9.72. The summed E-state index contributed by atoms with van der Waals surface area (Å²) in [6.07, 6.45) is 3.12. The highest BCUT2D eigenvalue weighted by molar-refractivity contribution is 7.82. The first kappa shape index (κ1) is 20.4. The Morgan fingerprint density at radius 2 is 1.86 bits per heavy atom. The van der Waals surface area contributed by atoms with Crippen LogP contribution >= 0.6 is 0 Å². The number of carbonyl (C=O) groups excluding carboxylic acids is 1. The van der Waals surface area contributed by atoms with Gasteiger partial charge in [-0.15, -0.1) is 0 Å². The quantitative estimate of drug-likeness (QED) is 0.775. The molecule has 1 aliphatic heterocycles. The Kier molecular flexibility index (Phi) is 7.07. The molecule has 3 rings (SSSR count).